The highest BCUT2D eigenvalue weighted by Gasteiger charge is 2.23. The molecule has 24 heavy (non-hydrogen) atoms. The van der Waals surface area contributed by atoms with E-state index in [0.29, 0.717) is 43.9 Å². The summed E-state index contributed by atoms with van der Waals surface area (Å²) in [7, 11) is 0. The molecule has 1 saturated heterocycles. The Morgan fingerprint density at radius 2 is 1.96 bits per heavy atom. The number of carbonyl (C=O) groups is 2. The summed E-state index contributed by atoms with van der Waals surface area (Å²) < 4.78 is 9.90. The minimum atomic E-state index is -0.368. The van der Waals surface area contributed by atoms with E-state index in [1.165, 1.54) is 18.7 Å². The van der Waals surface area contributed by atoms with Crippen LogP contribution >= 0.6 is 0 Å². The van der Waals surface area contributed by atoms with Gasteiger partial charge in [-0.2, -0.15) is 0 Å². The summed E-state index contributed by atoms with van der Waals surface area (Å²) in [6.07, 6.45) is 4.49. The molecule has 0 unspecified atom stereocenters. The maximum absolute atomic E-state index is 12.3. The van der Waals surface area contributed by atoms with Crippen LogP contribution in [0.4, 0.5) is 5.82 Å². The third-order valence-corrected chi connectivity index (χ3v) is 3.92. The van der Waals surface area contributed by atoms with Crippen molar-refractivity contribution in [3.63, 3.8) is 0 Å². The Morgan fingerprint density at radius 1 is 1.17 bits per heavy atom. The first kappa shape index (κ1) is 16.0. The van der Waals surface area contributed by atoms with Gasteiger partial charge in [0.05, 0.1) is 24.0 Å². The maximum Gasteiger partial charge on any atom is 0.339 e. The van der Waals surface area contributed by atoms with Gasteiger partial charge in [0.25, 0.3) is 5.91 Å². The number of rotatable bonds is 4. The number of esters is 1. The summed E-state index contributed by atoms with van der Waals surface area (Å²) in [5.41, 5.74) is 1.01. The molecule has 3 heterocycles. The lowest BCUT2D eigenvalue weighted by Crippen LogP contribution is -2.49. The van der Waals surface area contributed by atoms with E-state index in [4.69, 9.17) is 9.15 Å². The standard InChI is InChI=1S/C17H19N3O4/c1-2-24-17(22)13-3-4-15(18-11-13)19-6-8-20(9-7-19)16(21)14-5-10-23-12-14/h3-5,10-12H,2,6-9H2,1H3. The highest BCUT2D eigenvalue weighted by Crippen LogP contribution is 2.16. The van der Waals surface area contributed by atoms with E-state index in [9.17, 15) is 9.59 Å². The van der Waals surface area contributed by atoms with Gasteiger partial charge in [-0.15, -0.1) is 0 Å². The SMILES string of the molecule is CCOC(=O)c1ccc(N2CCN(C(=O)c3ccoc3)CC2)nc1. The zero-order valence-corrected chi connectivity index (χ0v) is 13.5. The topological polar surface area (TPSA) is 75.9 Å². The molecule has 126 valence electrons. The fourth-order valence-electron chi connectivity index (χ4n) is 2.62. The van der Waals surface area contributed by atoms with Crippen LogP contribution < -0.4 is 4.90 Å². The Kier molecular flexibility index (Phi) is 4.79. The van der Waals surface area contributed by atoms with E-state index in [1.54, 1.807) is 30.0 Å². The Labute approximate surface area is 139 Å². The van der Waals surface area contributed by atoms with Gasteiger partial charge in [0, 0.05) is 32.4 Å². The summed E-state index contributed by atoms with van der Waals surface area (Å²) in [4.78, 5) is 32.1. The highest BCUT2D eigenvalue weighted by molar-refractivity contribution is 5.94. The number of aromatic nitrogens is 1. The molecule has 1 aliphatic heterocycles. The van der Waals surface area contributed by atoms with Gasteiger partial charge in [0.15, 0.2) is 0 Å². The van der Waals surface area contributed by atoms with Gasteiger partial charge < -0.3 is 19.0 Å². The summed E-state index contributed by atoms with van der Waals surface area (Å²) >= 11 is 0. The second-order valence-corrected chi connectivity index (χ2v) is 5.42. The van der Waals surface area contributed by atoms with Crippen LogP contribution in [-0.4, -0.2) is 54.5 Å². The van der Waals surface area contributed by atoms with E-state index in [1.807, 2.05) is 0 Å². The van der Waals surface area contributed by atoms with Crippen molar-refractivity contribution >= 4 is 17.7 Å². The molecular weight excluding hydrogens is 310 g/mol. The number of pyridine rings is 1. The van der Waals surface area contributed by atoms with Crippen LogP contribution in [0.15, 0.2) is 41.3 Å². The molecule has 7 nitrogen and oxygen atoms in total. The van der Waals surface area contributed by atoms with Gasteiger partial charge in [0.2, 0.25) is 0 Å². The van der Waals surface area contributed by atoms with E-state index in [-0.39, 0.29) is 11.9 Å². The second kappa shape index (κ2) is 7.16. The number of nitrogens with zero attached hydrogens (tertiary/aromatic N) is 3. The fraction of sp³-hybridized carbons (Fsp3) is 0.353. The first-order valence-electron chi connectivity index (χ1n) is 7.88. The smallest absolute Gasteiger partial charge is 0.339 e. The van der Waals surface area contributed by atoms with Crippen molar-refractivity contribution in [2.45, 2.75) is 6.92 Å². The molecule has 2 aromatic heterocycles. The molecule has 1 amide bonds. The fourth-order valence-corrected chi connectivity index (χ4v) is 2.62. The number of carbonyl (C=O) groups excluding carboxylic acids is 2. The zero-order valence-electron chi connectivity index (χ0n) is 13.5. The minimum Gasteiger partial charge on any atom is -0.472 e. The maximum atomic E-state index is 12.3. The molecular formula is C17H19N3O4. The summed E-state index contributed by atoms with van der Waals surface area (Å²) in [5, 5.41) is 0. The van der Waals surface area contributed by atoms with Crippen molar-refractivity contribution in [1.29, 1.82) is 0 Å². The minimum absolute atomic E-state index is 0.0194. The van der Waals surface area contributed by atoms with Gasteiger partial charge in [-0.25, -0.2) is 9.78 Å². The normalized spacial score (nSPS) is 14.5. The monoisotopic (exact) mass is 329 g/mol. The number of hydrogen-bond acceptors (Lipinski definition) is 6. The lowest BCUT2D eigenvalue weighted by atomic mass is 10.2. The van der Waals surface area contributed by atoms with Gasteiger partial charge in [-0.05, 0) is 25.1 Å². The molecule has 0 radical (unpaired) electrons. The molecule has 0 aliphatic carbocycles. The number of anilines is 1. The van der Waals surface area contributed by atoms with Crippen molar-refractivity contribution < 1.29 is 18.7 Å². The van der Waals surface area contributed by atoms with Crippen LogP contribution in [0.5, 0.6) is 0 Å². The van der Waals surface area contributed by atoms with E-state index in [0.717, 1.165) is 5.82 Å². The van der Waals surface area contributed by atoms with Crippen LogP contribution in [0.1, 0.15) is 27.6 Å². The Balaban J connectivity index is 1.58. The third-order valence-electron chi connectivity index (χ3n) is 3.92. The molecule has 0 aromatic carbocycles. The van der Waals surface area contributed by atoms with Crippen molar-refractivity contribution in [2.24, 2.45) is 0 Å². The first-order chi connectivity index (χ1) is 11.7. The molecule has 1 aliphatic rings. The van der Waals surface area contributed by atoms with Crippen molar-refractivity contribution in [1.82, 2.24) is 9.88 Å². The molecule has 3 rings (SSSR count). The van der Waals surface area contributed by atoms with E-state index < -0.39 is 0 Å². The number of ether oxygens (including phenoxy) is 1. The average molecular weight is 329 g/mol. The Hall–Kier alpha value is -2.83. The van der Waals surface area contributed by atoms with Gasteiger partial charge in [-0.3, -0.25) is 4.79 Å². The van der Waals surface area contributed by atoms with Crippen LogP contribution in [0.25, 0.3) is 0 Å². The van der Waals surface area contributed by atoms with Crippen molar-refractivity contribution in [3.05, 3.63) is 48.0 Å². The molecule has 0 N–H and O–H groups in total. The summed E-state index contributed by atoms with van der Waals surface area (Å²) in [6.45, 7) is 4.72. The van der Waals surface area contributed by atoms with Crippen molar-refractivity contribution in [3.8, 4) is 0 Å². The van der Waals surface area contributed by atoms with E-state index >= 15 is 0 Å². The first-order valence-corrected chi connectivity index (χ1v) is 7.88. The average Bonchev–Trinajstić information content (AvgIpc) is 3.16. The molecule has 7 heteroatoms. The second-order valence-electron chi connectivity index (χ2n) is 5.42. The molecule has 0 spiro atoms. The molecule has 0 bridgehead atoms. The number of hydrogen-bond donors (Lipinski definition) is 0. The number of amides is 1. The van der Waals surface area contributed by atoms with Gasteiger partial charge in [0.1, 0.15) is 12.1 Å². The largest absolute Gasteiger partial charge is 0.472 e. The van der Waals surface area contributed by atoms with E-state index in [2.05, 4.69) is 9.88 Å². The van der Waals surface area contributed by atoms with Crippen LogP contribution in [0.3, 0.4) is 0 Å². The van der Waals surface area contributed by atoms with Gasteiger partial charge in [-0.1, -0.05) is 0 Å². The lowest BCUT2D eigenvalue weighted by molar-refractivity contribution is 0.0525. The van der Waals surface area contributed by atoms with Crippen LogP contribution in [0, 0.1) is 0 Å². The summed E-state index contributed by atoms with van der Waals surface area (Å²) in [6, 6.07) is 5.19. The van der Waals surface area contributed by atoms with Crippen LogP contribution in [0.2, 0.25) is 0 Å². The van der Waals surface area contributed by atoms with Gasteiger partial charge >= 0.3 is 5.97 Å². The Morgan fingerprint density at radius 3 is 2.54 bits per heavy atom. The summed E-state index contributed by atoms with van der Waals surface area (Å²) in [5.74, 6) is 0.402. The zero-order chi connectivity index (χ0) is 16.9. The number of piperazine rings is 1. The molecule has 0 atom stereocenters. The molecule has 2 aromatic rings. The Bertz CT molecular complexity index is 689. The molecule has 0 saturated carbocycles. The molecule has 1 fully saturated rings. The van der Waals surface area contributed by atoms with Crippen molar-refractivity contribution in [2.75, 3.05) is 37.7 Å². The quantitative estimate of drug-likeness (QED) is 0.796. The van der Waals surface area contributed by atoms with Crippen LogP contribution in [-0.2, 0) is 4.74 Å². The predicted molar refractivity (Wildman–Crippen MR) is 87.0 cm³/mol. The third kappa shape index (κ3) is 3.40. The number of furan rings is 1. The lowest BCUT2D eigenvalue weighted by Gasteiger charge is -2.35. The predicted octanol–water partition coefficient (Wildman–Crippen LogP) is 1.81. The highest BCUT2D eigenvalue weighted by atomic mass is 16.5.